The Hall–Kier alpha value is -2.29. The molecule has 0 spiro atoms. The molecule has 4 atom stereocenters. The maximum Gasteiger partial charge on any atom is 0.253 e. The Kier molecular flexibility index (Phi) is 4.85. The van der Waals surface area contributed by atoms with Gasteiger partial charge >= 0.3 is 0 Å². The van der Waals surface area contributed by atoms with Crippen molar-refractivity contribution < 1.29 is 9.53 Å². The van der Waals surface area contributed by atoms with Gasteiger partial charge in [-0.15, -0.1) is 0 Å². The standard InChI is InChI=1S/C22H27NO2/c1-14-15(2)21(16(3)20-9-7-6-8-19(14)20)23(4)22(24)17-10-12-18(25-5)13-11-17/h6-16,21H,1-5H3. The van der Waals surface area contributed by atoms with Gasteiger partial charge in [0.1, 0.15) is 5.75 Å². The summed E-state index contributed by atoms with van der Waals surface area (Å²) in [6.45, 7) is 6.78. The highest BCUT2D eigenvalue weighted by atomic mass is 16.5. The predicted octanol–water partition coefficient (Wildman–Crippen LogP) is 4.69. The van der Waals surface area contributed by atoms with Gasteiger partial charge in [-0.1, -0.05) is 45.0 Å². The second-order valence-electron chi connectivity index (χ2n) is 7.20. The average molecular weight is 337 g/mol. The molecule has 4 unspecified atom stereocenters. The molecule has 3 heteroatoms. The van der Waals surface area contributed by atoms with Gasteiger partial charge < -0.3 is 9.64 Å². The molecule has 0 aliphatic heterocycles. The number of likely N-dealkylation sites (N-methyl/N-ethyl adjacent to an activating group) is 1. The number of carbonyl (C=O) groups is 1. The summed E-state index contributed by atoms with van der Waals surface area (Å²) < 4.78 is 5.19. The molecule has 1 aliphatic carbocycles. The van der Waals surface area contributed by atoms with Crippen molar-refractivity contribution in [3.8, 4) is 5.75 Å². The van der Waals surface area contributed by atoms with Crippen molar-refractivity contribution in [2.75, 3.05) is 14.2 Å². The van der Waals surface area contributed by atoms with Crippen LogP contribution in [0.5, 0.6) is 5.75 Å². The Labute approximate surface area is 150 Å². The number of benzene rings is 2. The van der Waals surface area contributed by atoms with Crippen LogP contribution in [0.2, 0.25) is 0 Å². The number of methoxy groups -OCH3 is 1. The van der Waals surface area contributed by atoms with Gasteiger partial charge in [-0.25, -0.2) is 0 Å². The summed E-state index contributed by atoms with van der Waals surface area (Å²) in [5, 5.41) is 0. The van der Waals surface area contributed by atoms with Crippen molar-refractivity contribution >= 4 is 5.91 Å². The van der Waals surface area contributed by atoms with Gasteiger partial charge in [-0.3, -0.25) is 4.79 Å². The minimum Gasteiger partial charge on any atom is -0.497 e. The van der Waals surface area contributed by atoms with Gasteiger partial charge in [0.05, 0.1) is 7.11 Å². The number of rotatable bonds is 3. The van der Waals surface area contributed by atoms with Crippen LogP contribution in [0.1, 0.15) is 54.1 Å². The number of amides is 1. The second-order valence-corrected chi connectivity index (χ2v) is 7.20. The van der Waals surface area contributed by atoms with Crippen LogP contribution in [0, 0.1) is 5.92 Å². The van der Waals surface area contributed by atoms with Crippen molar-refractivity contribution in [1.29, 1.82) is 0 Å². The van der Waals surface area contributed by atoms with E-state index < -0.39 is 0 Å². The molecule has 0 aromatic heterocycles. The van der Waals surface area contributed by atoms with Crippen LogP contribution in [0.4, 0.5) is 0 Å². The van der Waals surface area contributed by atoms with Crippen molar-refractivity contribution in [2.24, 2.45) is 5.92 Å². The summed E-state index contributed by atoms with van der Waals surface area (Å²) in [6.07, 6.45) is 0. The Morgan fingerprint density at radius 2 is 1.48 bits per heavy atom. The molecular weight excluding hydrogens is 310 g/mol. The van der Waals surface area contributed by atoms with E-state index in [9.17, 15) is 4.79 Å². The lowest BCUT2D eigenvalue weighted by Gasteiger charge is -2.45. The molecule has 25 heavy (non-hydrogen) atoms. The number of carbonyl (C=O) groups excluding carboxylic acids is 1. The highest BCUT2D eigenvalue weighted by molar-refractivity contribution is 5.94. The smallest absolute Gasteiger partial charge is 0.253 e. The van der Waals surface area contributed by atoms with E-state index in [1.807, 2.05) is 36.2 Å². The molecule has 0 N–H and O–H groups in total. The lowest BCUT2D eigenvalue weighted by molar-refractivity contribution is 0.0616. The summed E-state index contributed by atoms with van der Waals surface area (Å²) in [5.41, 5.74) is 3.49. The summed E-state index contributed by atoms with van der Waals surface area (Å²) in [6, 6.07) is 16.2. The second kappa shape index (κ2) is 6.91. The van der Waals surface area contributed by atoms with E-state index in [2.05, 4.69) is 45.0 Å². The molecule has 1 aliphatic rings. The first-order valence-corrected chi connectivity index (χ1v) is 8.95. The molecule has 0 radical (unpaired) electrons. The minimum absolute atomic E-state index is 0.0675. The zero-order chi connectivity index (χ0) is 18.1. The van der Waals surface area contributed by atoms with Crippen LogP contribution in [0.25, 0.3) is 0 Å². The minimum atomic E-state index is 0.0675. The molecule has 0 heterocycles. The molecule has 0 fully saturated rings. The van der Waals surface area contributed by atoms with E-state index in [1.54, 1.807) is 7.11 Å². The number of fused-ring (bicyclic) bond motifs is 1. The molecule has 3 nitrogen and oxygen atoms in total. The van der Waals surface area contributed by atoms with Gasteiger partial charge in [-0.2, -0.15) is 0 Å². The molecule has 0 saturated carbocycles. The first kappa shape index (κ1) is 17.5. The Morgan fingerprint density at radius 3 is 2.04 bits per heavy atom. The molecule has 2 aromatic rings. The van der Waals surface area contributed by atoms with Crippen molar-refractivity contribution in [3.63, 3.8) is 0 Å². The van der Waals surface area contributed by atoms with E-state index in [1.165, 1.54) is 11.1 Å². The maximum atomic E-state index is 13.0. The molecule has 0 saturated heterocycles. The zero-order valence-electron chi connectivity index (χ0n) is 15.7. The quantitative estimate of drug-likeness (QED) is 0.813. The summed E-state index contributed by atoms with van der Waals surface area (Å²) in [7, 11) is 3.57. The summed E-state index contributed by atoms with van der Waals surface area (Å²) in [5.74, 6) is 1.98. The van der Waals surface area contributed by atoms with Gasteiger partial charge in [-0.05, 0) is 47.2 Å². The number of hydrogen-bond donors (Lipinski definition) is 0. The Morgan fingerprint density at radius 1 is 0.920 bits per heavy atom. The predicted molar refractivity (Wildman–Crippen MR) is 101 cm³/mol. The maximum absolute atomic E-state index is 13.0. The van der Waals surface area contributed by atoms with Crippen molar-refractivity contribution in [2.45, 2.75) is 38.6 Å². The highest BCUT2D eigenvalue weighted by Gasteiger charge is 2.39. The van der Waals surface area contributed by atoms with Gasteiger partial charge in [0.15, 0.2) is 0 Å². The summed E-state index contributed by atoms with van der Waals surface area (Å²) in [4.78, 5) is 15.0. The molecular formula is C22H27NO2. The average Bonchev–Trinajstić information content (AvgIpc) is 2.65. The van der Waals surface area contributed by atoms with Crippen molar-refractivity contribution in [3.05, 3.63) is 65.2 Å². The van der Waals surface area contributed by atoms with E-state index in [4.69, 9.17) is 4.74 Å². The monoisotopic (exact) mass is 337 g/mol. The third kappa shape index (κ3) is 3.04. The lowest BCUT2D eigenvalue weighted by Crippen LogP contribution is -2.48. The van der Waals surface area contributed by atoms with Crippen LogP contribution < -0.4 is 4.74 Å². The van der Waals surface area contributed by atoms with Crippen LogP contribution >= 0.6 is 0 Å². The molecule has 1 amide bonds. The SMILES string of the molecule is COc1ccc(C(=O)N(C)C2C(C)c3ccccc3C(C)C2C)cc1. The Bertz CT molecular complexity index is 753. The molecule has 2 aromatic carbocycles. The fourth-order valence-corrected chi connectivity index (χ4v) is 4.32. The van der Waals surface area contributed by atoms with Gasteiger partial charge in [0, 0.05) is 24.6 Å². The lowest BCUT2D eigenvalue weighted by atomic mass is 9.68. The molecule has 132 valence electrons. The summed E-state index contributed by atoms with van der Waals surface area (Å²) >= 11 is 0. The first-order valence-electron chi connectivity index (χ1n) is 8.95. The molecule has 3 rings (SSSR count). The number of hydrogen-bond acceptors (Lipinski definition) is 2. The fourth-order valence-electron chi connectivity index (χ4n) is 4.32. The normalized spacial score (nSPS) is 25.2. The largest absolute Gasteiger partial charge is 0.497 e. The topological polar surface area (TPSA) is 29.5 Å². The van der Waals surface area contributed by atoms with Crippen LogP contribution in [-0.4, -0.2) is 31.0 Å². The van der Waals surface area contributed by atoms with Gasteiger partial charge in [0.25, 0.3) is 5.91 Å². The van der Waals surface area contributed by atoms with Crippen molar-refractivity contribution in [1.82, 2.24) is 4.90 Å². The van der Waals surface area contributed by atoms with Gasteiger partial charge in [0.2, 0.25) is 0 Å². The van der Waals surface area contributed by atoms with Crippen LogP contribution in [-0.2, 0) is 0 Å². The third-order valence-electron chi connectivity index (χ3n) is 5.92. The van der Waals surface area contributed by atoms with Crippen LogP contribution in [0.3, 0.4) is 0 Å². The van der Waals surface area contributed by atoms with Crippen LogP contribution in [0.15, 0.2) is 48.5 Å². The third-order valence-corrected chi connectivity index (χ3v) is 5.92. The number of ether oxygens (including phenoxy) is 1. The van der Waals surface area contributed by atoms with E-state index in [0.29, 0.717) is 23.3 Å². The highest BCUT2D eigenvalue weighted by Crippen LogP contribution is 2.44. The van der Waals surface area contributed by atoms with E-state index >= 15 is 0 Å². The zero-order valence-corrected chi connectivity index (χ0v) is 15.7. The first-order chi connectivity index (χ1) is 12.0. The van der Waals surface area contributed by atoms with E-state index in [0.717, 1.165) is 5.75 Å². The Balaban J connectivity index is 1.90. The fraction of sp³-hybridized carbons (Fsp3) is 0.409. The molecule has 0 bridgehead atoms. The number of nitrogens with zero attached hydrogens (tertiary/aromatic N) is 1. The van der Waals surface area contributed by atoms with E-state index in [-0.39, 0.29) is 11.9 Å².